The van der Waals surface area contributed by atoms with Gasteiger partial charge in [0.2, 0.25) is 5.78 Å². The molecule has 1 aliphatic rings. The first-order chi connectivity index (χ1) is 4.20. The van der Waals surface area contributed by atoms with Gasteiger partial charge in [-0.05, 0) is 0 Å². The second kappa shape index (κ2) is 2.64. The lowest BCUT2D eigenvalue weighted by atomic mass is 10.4. The van der Waals surface area contributed by atoms with Gasteiger partial charge in [-0.1, -0.05) is 23.2 Å². The predicted molar refractivity (Wildman–Crippen MR) is 35.9 cm³/mol. The topological polar surface area (TPSA) is 41.5 Å². The van der Waals surface area contributed by atoms with E-state index in [0.29, 0.717) is 0 Å². The first-order valence-corrected chi connectivity index (χ1v) is 3.15. The smallest absolute Gasteiger partial charge is 0.206 e. The lowest BCUT2D eigenvalue weighted by Gasteiger charge is -2.11. The van der Waals surface area contributed by atoms with Gasteiger partial charge in [0.05, 0.1) is 6.54 Å². The number of hydrogen-bond donors (Lipinski definition) is 1. The van der Waals surface area contributed by atoms with Gasteiger partial charge in [-0.2, -0.15) is 0 Å². The summed E-state index contributed by atoms with van der Waals surface area (Å²) >= 11 is 10.8. The first-order valence-electron chi connectivity index (χ1n) is 2.34. The molecule has 0 aromatic rings. The maximum Gasteiger partial charge on any atom is 0.206 e. The third kappa shape index (κ3) is 1.64. The summed E-state index contributed by atoms with van der Waals surface area (Å²) in [5, 5.41) is 2.59. The fourth-order valence-electron chi connectivity index (χ4n) is 0.467. The van der Waals surface area contributed by atoms with Crippen molar-refractivity contribution in [2.75, 3.05) is 6.54 Å². The molecule has 3 nitrogen and oxygen atoms in total. The van der Waals surface area contributed by atoms with Crippen LogP contribution in [0.3, 0.4) is 0 Å². The van der Waals surface area contributed by atoms with Crippen LogP contribution in [0.4, 0.5) is 0 Å². The van der Waals surface area contributed by atoms with Gasteiger partial charge in [-0.15, -0.1) is 0 Å². The second-order valence-corrected chi connectivity index (χ2v) is 2.33. The van der Waals surface area contributed by atoms with E-state index in [-0.39, 0.29) is 17.5 Å². The fourth-order valence-corrected chi connectivity index (χ4v) is 0.856. The molecule has 0 saturated carbocycles. The zero-order chi connectivity index (χ0) is 6.85. The fraction of sp³-hybridized carbons (Fsp3) is 0.500. The van der Waals surface area contributed by atoms with Crippen LogP contribution >= 0.6 is 23.2 Å². The molecule has 0 bridgehead atoms. The zero-order valence-electron chi connectivity index (χ0n) is 4.40. The van der Waals surface area contributed by atoms with Crippen LogP contribution in [0.25, 0.3) is 0 Å². The van der Waals surface area contributed by atoms with E-state index in [2.05, 4.69) is 10.3 Å². The van der Waals surface area contributed by atoms with Crippen LogP contribution < -0.4 is 5.32 Å². The Kier molecular flexibility index (Phi) is 2.05. The third-order valence-corrected chi connectivity index (χ3v) is 1.45. The highest BCUT2D eigenvalue weighted by Gasteiger charge is 2.16. The Balaban J connectivity index is 2.72. The number of halogens is 2. The molecular weight excluding hydrogens is 163 g/mol. The van der Waals surface area contributed by atoms with Crippen molar-refractivity contribution in [1.82, 2.24) is 5.32 Å². The predicted octanol–water partition coefficient (Wildman–Crippen LogP) is 0.318. The van der Waals surface area contributed by atoms with Crippen LogP contribution in [0.1, 0.15) is 0 Å². The summed E-state index contributed by atoms with van der Waals surface area (Å²) in [4.78, 5) is 14.1. The maximum absolute atomic E-state index is 10.6. The van der Waals surface area contributed by atoms with Crippen LogP contribution in [-0.4, -0.2) is 23.1 Å². The molecule has 0 spiro atoms. The molecule has 1 unspecified atom stereocenters. The standard InChI is InChI=1S/C4H4Cl2N2O/c5-3-2(9)1-7-4(6)8-3/h4,7H,1H2. The molecule has 5 heteroatoms. The van der Waals surface area contributed by atoms with E-state index in [1.54, 1.807) is 0 Å². The average Bonchev–Trinajstić information content (AvgIpc) is 1.80. The Labute approximate surface area is 62.0 Å². The van der Waals surface area contributed by atoms with Crippen LogP contribution in [0.5, 0.6) is 0 Å². The molecule has 0 amide bonds. The summed E-state index contributed by atoms with van der Waals surface area (Å²) < 4.78 is 0. The number of aliphatic imine (C=N–C) groups is 1. The summed E-state index contributed by atoms with van der Waals surface area (Å²) in [7, 11) is 0. The van der Waals surface area contributed by atoms with E-state index >= 15 is 0 Å². The number of nitrogens with zero attached hydrogens (tertiary/aromatic N) is 1. The lowest BCUT2D eigenvalue weighted by Crippen LogP contribution is -2.36. The van der Waals surface area contributed by atoms with E-state index in [9.17, 15) is 4.79 Å². The Bertz CT molecular complexity index is 168. The lowest BCUT2D eigenvalue weighted by molar-refractivity contribution is -0.112. The van der Waals surface area contributed by atoms with Gasteiger partial charge in [-0.25, -0.2) is 4.99 Å². The SMILES string of the molecule is O=C1CNC(Cl)N=C1Cl. The Hall–Kier alpha value is -0.120. The molecule has 0 aromatic carbocycles. The molecular formula is C4H4Cl2N2O. The number of alkyl halides is 1. The van der Waals surface area contributed by atoms with Gasteiger partial charge in [0, 0.05) is 0 Å². The number of carbonyl (C=O) groups is 1. The number of rotatable bonds is 0. The average molecular weight is 167 g/mol. The first kappa shape index (κ1) is 6.99. The maximum atomic E-state index is 10.6. The molecule has 9 heavy (non-hydrogen) atoms. The molecule has 0 fully saturated rings. The van der Waals surface area contributed by atoms with Crippen molar-refractivity contribution in [1.29, 1.82) is 0 Å². The van der Waals surface area contributed by atoms with E-state index in [4.69, 9.17) is 23.2 Å². The molecule has 1 rings (SSSR count). The van der Waals surface area contributed by atoms with Gasteiger partial charge < -0.3 is 0 Å². The minimum absolute atomic E-state index is 0.0197. The van der Waals surface area contributed by atoms with Gasteiger partial charge >= 0.3 is 0 Å². The third-order valence-electron chi connectivity index (χ3n) is 0.888. The largest absolute Gasteiger partial charge is 0.290 e. The van der Waals surface area contributed by atoms with Crippen LogP contribution in [0.15, 0.2) is 4.99 Å². The summed E-state index contributed by atoms with van der Waals surface area (Å²) in [6.45, 7) is 0.177. The van der Waals surface area contributed by atoms with Crippen molar-refractivity contribution in [3.05, 3.63) is 0 Å². The van der Waals surface area contributed by atoms with Crippen molar-refractivity contribution in [3.63, 3.8) is 0 Å². The monoisotopic (exact) mass is 166 g/mol. The Morgan fingerprint density at radius 1 is 1.78 bits per heavy atom. The highest BCUT2D eigenvalue weighted by Crippen LogP contribution is 2.02. The van der Waals surface area contributed by atoms with E-state index in [0.717, 1.165) is 0 Å². The van der Waals surface area contributed by atoms with Crippen LogP contribution in [0.2, 0.25) is 0 Å². The highest BCUT2D eigenvalue weighted by molar-refractivity contribution is 6.83. The molecule has 1 aliphatic heterocycles. The molecule has 1 N–H and O–H groups in total. The summed E-state index contributed by atoms with van der Waals surface area (Å²) in [5.41, 5.74) is -0.546. The van der Waals surface area contributed by atoms with Crippen molar-refractivity contribution in [2.24, 2.45) is 4.99 Å². The summed E-state index contributed by atoms with van der Waals surface area (Å²) in [5.74, 6) is -0.214. The molecule has 0 saturated heterocycles. The Morgan fingerprint density at radius 3 is 2.89 bits per heavy atom. The van der Waals surface area contributed by atoms with Crippen molar-refractivity contribution < 1.29 is 4.79 Å². The summed E-state index contributed by atoms with van der Waals surface area (Å²) in [6, 6.07) is 0. The van der Waals surface area contributed by atoms with E-state index in [1.807, 2.05) is 0 Å². The Morgan fingerprint density at radius 2 is 2.44 bits per heavy atom. The van der Waals surface area contributed by atoms with Crippen LogP contribution in [-0.2, 0) is 4.79 Å². The highest BCUT2D eigenvalue weighted by atomic mass is 35.5. The number of Topliss-reactive ketones (excluding diaryl/α,β-unsaturated/α-hetero) is 1. The van der Waals surface area contributed by atoms with Gasteiger partial charge in [0.25, 0.3) is 0 Å². The molecule has 1 heterocycles. The molecule has 0 aliphatic carbocycles. The van der Waals surface area contributed by atoms with E-state index < -0.39 is 5.62 Å². The van der Waals surface area contributed by atoms with Crippen LogP contribution in [0, 0.1) is 0 Å². The molecule has 0 radical (unpaired) electrons. The molecule has 1 atom stereocenters. The normalized spacial score (nSPS) is 28.0. The summed E-state index contributed by atoms with van der Waals surface area (Å²) in [6.07, 6.45) is 0. The van der Waals surface area contributed by atoms with Gasteiger partial charge in [0.1, 0.15) is 0 Å². The van der Waals surface area contributed by atoms with Gasteiger partial charge in [0.15, 0.2) is 10.8 Å². The molecule has 0 aromatic heterocycles. The second-order valence-electron chi connectivity index (χ2n) is 1.56. The minimum Gasteiger partial charge on any atom is -0.290 e. The quantitative estimate of drug-likeness (QED) is 0.416. The zero-order valence-corrected chi connectivity index (χ0v) is 5.91. The number of carbonyl (C=O) groups excluding carboxylic acids is 1. The van der Waals surface area contributed by atoms with Gasteiger partial charge in [-0.3, -0.25) is 10.1 Å². The molecule has 50 valence electrons. The van der Waals surface area contributed by atoms with Crippen molar-refractivity contribution in [2.45, 2.75) is 5.62 Å². The number of ketones is 1. The minimum atomic E-state index is -0.546. The van der Waals surface area contributed by atoms with E-state index in [1.165, 1.54) is 0 Å². The number of hydrogen-bond acceptors (Lipinski definition) is 3. The number of nitrogens with one attached hydrogen (secondary N) is 1. The van der Waals surface area contributed by atoms with Crippen molar-refractivity contribution in [3.8, 4) is 0 Å². The van der Waals surface area contributed by atoms with Crippen molar-refractivity contribution >= 4 is 34.2 Å².